The first kappa shape index (κ1) is 15.0. The number of rotatable bonds is 4. The summed E-state index contributed by atoms with van der Waals surface area (Å²) in [6, 6.07) is 17.9. The van der Waals surface area contributed by atoms with E-state index in [0.29, 0.717) is 23.6 Å². The van der Waals surface area contributed by atoms with Crippen LogP contribution in [0.1, 0.15) is 23.0 Å². The van der Waals surface area contributed by atoms with Gasteiger partial charge in [-0.1, -0.05) is 53.7 Å². The molecule has 0 spiro atoms. The predicted octanol–water partition coefficient (Wildman–Crippen LogP) is 4.49. The Morgan fingerprint density at radius 3 is 2.48 bits per heavy atom. The van der Waals surface area contributed by atoms with Gasteiger partial charge in [-0.05, 0) is 31.0 Å². The highest BCUT2D eigenvalue weighted by molar-refractivity contribution is 5.97. The van der Waals surface area contributed by atoms with Crippen molar-refractivity contribution < 1.29 is 14.1 Å². The monoisotopic (exact) mass is 307 g/mol. The van der Waals surface area contributed by atoms with Gasteiger partial charge in [0.1, 0.15) is 17.0 Å². The molecular formula is C19H17NO3. The van der Waals surface area contributed by atoms with Gasteiger partial charge in [-0.2, -0.15) is 0 Å². The van der Waals surface area contributed by atoms with Gasteiger partial charge in [-0.3, -0.25) is 0 Å². The molecule has 0 bridgehead atoms. The van der Waals surface area contributed by atoms with Gasteiger partial charge in [0.2, 0.25) is 0 Å². The van der Waals surface area contributed by atoms with Crippen LogP contribution in [0.3, 0.4) is 0 Å². The summed E-state index contributed by atoms with van der Waals surface area (Å²) in [6.45, 7) is 3.80. The van der Waals surface area contributed by atoms with Crippen LogP contribution < -0.4 is 0 Å². The molecule has 0 unspecified atom stereocenters. The summed E-state index contributed by atoms with van der Waals surface area (Å²) >= 11 is 0. The molecule has 4 heteroatoms. The van der Waals surface area contributed by atoms with Crippen molar-refractivity contribution in [3.05, 3.63) is 65.9 Å². The van der Waals surface area contributed by atoms with E-state index >= 15 is 0 Å². The lowest BCUT2D eigenvalue weighted by Crippen LogP contribution is -2.06. The van der Waals surface area contributed by atoms with Crippen LogP contribution in [-0.2, 0) is 4.74 Å². The number of benzene rings is 2. The molecule has 0 aliphatic heterocycles. The van der Waals surface area contributed by atoms with Crippen molar-refractivity contribution in [1.82, 2.24) is 5.16 Å². The first-order valence-electron chi connectivity index (χ1n) is 7.50. The smallest absolute Gasteiger partial charge is 0.344 e. The topological polar surface area (TPSA) is 52.3 Å². The summed E-state index contributed by atoms with van der Waals surface area (Å²) in [5.41, 5.74) is 3.88. The lowest BCUT2D eigenvalue weighted by atomic mass is 10.00. The third kappa shape index (κ3) is 3.01. The molecule has 0 aliphatic rings. The highest BCUT2D eigenvalue weighted by Crippen LogP contribution is 2.29. The zero-order valence-corrected chi connectivity index (χ0v) is 13.1. The first-order chi connectivity index (χ1) is 11.2. The van der Waals surface area contributed by atoms with Crippen LogP contribution in [0.25, 0.3) is 22.4 Å². The van der Waals surface area contributed by atoms with E-state index in [1.54, 1.807) is 13.8 Å². The number of esters is 1. The fraction of sp³-hybridized carbons (Fsp3) is 0.158. The molecule has 2 aromatic carbocycles. The average Bonchev–Trinajstić information content (AvgIpc) is 2.98. The maximum atomic E-state index is 12.2. The van der Waals surface area contributed by atoms with Gasteiger partial charge in [-0.25, -0.2) is 4.79 Å². The average molecular weight is 307 g/mol. The van der Waals surface area contributed by atoms with Gasteiger partial charge in [0.05, 0.1) is 6.61 Å². The van der Waals surface area contributed by atoms with E-state index in [-0.39, 0.29) is 0 Å². The molecule has 0 saturated carbocycles. The van der Waals surface area contributed by atoms with Gasteiger partial charge >= 0.3 is 5.97 Å². The fourth-order valence-corrected chi connectivity index (χ4v) is 2.49. The minimum atomic E-state index is -0.411. The molecule has 23 heavy (non-hydrogen) atoms. The second kappa shape index (κ2) is 6.48. The SMILES string of the molecule is CCOC(=O)c1c(-c2cccc(-c3ccccc3)c2)noc1C. The first-order valence-corrected chi connectivity index (χ1v) is 7.50. The molecule has 116 valence electrons. The highest BCUT2D eigenvalue weighted by Gasteiger charge is 2.22. The Hall–Kier alpha value is -2.88. The molecule has 0 atom stereocenters. The van der Waals surface area contributed by atoms with Crippen LogP contribution >= 0.6 is 0 Å². The van der Waals surface area contributed by atoms with Crippen LogP contribution in [0.2, 0.25) is 0 Å². The normalized spacial score (nSPS) is 10.5. The Balaban J connectivity index is 2.05. The second-order valence-electron chi connectivity index (χ2n) is 5.13. The standard InChI is InChI=1S/C19H17NO3/c1-3-22-19(21)17-13(2)23-20-18(17)16-11-7-10-15(12-16)14-8-5-4-6-9-14/h4-12H,3H2,1-2H3. The summed E-state index contributed by atoms with van der Waals surface area (Å²) in [7, 11) is 0. The number of ether oxygens (including phenoxy) is 1. The molecular weight excluding hydrogens is 290 g/mol. The van der Waals surface area contributed by atoms with Crippen LogP contribution in [0.4, 0.5) is 0 Å². The lowest BCUT2D eigenvalue weighted by molar-refractivity contribution is 0.0525. The summed E-state index contributed by atoms with van der Waals surface area (Å²) in [5, 5.41) is 4.05. The predicted molar refractivity (Wildman–Crippen MR) is 88.1 cm³/mol. The van der Waals surface area contributed by atoms with Crippen molar-refractivity contribution in [3.8, 4) is 22.4 Å². The Kier molecular flexibility index (Phi) is 4.24. The number of carbonyl (C=O) groups is 1. The lowest BCUT2D eigenvalue weighted by Gasteiger charge is -2.05. The Morgan fingerprint density at radius 1 is 1.04 bits per heavy atom. The molecule has 1 heterocycles. The Bertz CT molecular complexity index is 822. The minimum absolute atomic E-state index is 0.312. The van der Waals surface area contributed by atoms with E-state index in [1.807, 2.05) is 54.6 Å². The molecule has 4 nitrogen and oxygen atoms in total. The van der Waals surface area contributed by atoms with Gasteiger partial charge in [0.15, 0.2) is 0 Å². The number of aromatic nitrogens is 1. The molecule has 0 amide bonds. The van der Waals surface area contributed by atoms with Crippen molar-refractivity contribution >= 4 is 5.97 Å². The van der Waals surface area contributed by atoms with E-state index in [1.165, 1.54) is 0 Å². The third-order valence-corrected chi connectivity index (χ3v) is 3.59. The van der Waals surface area contributed by atoms with Crippen molar-refractivity contribution in [2.24, 2.45) is 0 Å². The molecule has 0 fully saturated rings. The van der Waals surface area contributed by atoms with E-state index in [2.05, 4.69) is 5.16 Å². The van der Waals surface area contributed by atoms with Gasteiger partial charge in [0, 0.05) is 5.56 Å². The maximum Gasteiger partial charge on any atom is 0.344 e. The van der Waals surface area contributed by atoms with Crippen LogP contribution in [0, 0.1) is 6.92 Å². The molecule has 0 N–H and O–H groups in total. The zero-order valence-electron chi connectivity index (χ0n) is 13.1. The number of carbonyl (C=O) groups excluding carboxylic acids is 1. The number of hydrogen-bond acceptors (Lipinski definition) is 4. The molecule has 1 aromatic heterocycles. The highest BCUT2D eigenvalue weighted by atomic mass is 16.5. The minimum Gasteiger partial charge on any atom is -0.462 e. The van der Waals surface area contributed by atoms with Gasteiger partial charge in [0.25, 0.3) is 0 Å². The summed E-state index contributed by atoms with van der Waals surface area (Å²) in [5.74, 6) is 0.0509. The molecule has 0 aliphatic carbocycles. The van der Waals surface area contributed by atoms with Crippen LogP contribution in [0.15, 0.2) is 59.1 Å². The van der Waals surface area contributed by atoms with E-state index in [0.717, 1.165) is 16.7 Å². The quantitative estimate of drug-likeness (QED) is 0.666. The molecule has 3 aromatic rings. The summed E-state index contributed by atoms with van der Waals surface area (Å²) < 4.78 is 10.3. The number of aryl methyl sites for hydroxylation is 1. The summed E-state index contributed by atoms with van der Waals surface area (Å²) in [4.78, 5) is 12.2. The third-order valence-electron chi connectivity index (χ3n) is 3.59. The van der Waals surface area contributed by atoms with Crippen molar-refractivity contribution in [2.75, 3.05) is 6.61 Å². The zero-order chi connectivity index (χ0) is 16.2. The fourth-order valence-electron chi connectivity index (χ4n) is 2.49. The van der Waals surface area contributed by atoms with E-state index < -0.39 is 5.97 Å². The largest absolute Gasteiger partial charge is 0.462 e. The summed E-state index contributed by atoms with van der Waals surface area (Å²) in [6.07, 6.45) is 0. The Labute approximate surface area is 134 Å². The molecule has 3 rings (SSSR count). The van der Waals surface area contributed by atoms with Gasteiger partial charge in [-0.15, -0.1) is 0 Å². The second-order valence-corrected chi connectivity index (χ2v) is 5.13. The molecule has 0 saturated heterocycles. The van der Waals surface area contributed by atoms with Crippen LogP contribution in [0.5, 0.6) is 0 Å². The van der Waals surface area contributed by atoms with Crippen molar-refractivity contribution in [3.63, 3.8) is 0 Å². The van der Waals surface area contributed by atoms with Gasteiger partial charge < -0.3 is 9.26 Å². The number of nitrogens with zero attached hydrogens (tertiary/aromatic N) is 1. The number of hydrogen-bond donors (Lipinski definition) is 0. The Morgan fingerprint density at radius 2 is 1.74 bits per heavy atom. The van der Waals surface area contributed by atoms with Crippen LogP contribution in [-0.4, -0.2) is 17.7 Å². The van der Waals surface area contributed by atoms with E-state index in [4.69, 9.17) is 9.26 Å². The van der Waals surface area contributed by atoms with Crippen molar-refractivity contribution in [1.29, 1.82) is 0 Å². The maximum absolute atomic E-state index is 12.2. The van der Waals surface area contributed by atoms with E-state index in [9.17, 15) is 4.79 Å². The van der Waals surface area contributed by atoms with Crippen molar-refractivity contribution in [2.45, 2.75) is 13.8 Å². The molecule has 0 radical (unpaired) electrons.